The van der Waals surface area contributed by atoms with Crippen molar-refractivity contribution in [1.29, 1.82) is 0 Å². The van der Waals surface area contributed by atoms with E-state index in [1.54, 1.807) is 29.7 Å². The Hall–Kier alpha value is -2.99. The summed E-state index contributed by atoms with van der Waals surface area (Å²) in [7, 11) is 0. The zero-order valence-electron chi connectivity index (χ0n) is 13.4. The van der Waals surface area contributed by atoms with Gasteiger partial charge in [0.05, 0.1) is 12.0 Å². The fraction of sp³-hybridized carbons (Fsp3) is 0.105. The van der Waals surface area contributed by atoms with Crippen LogP contribution in [0.25, 0.3) is 0 Å². The van der Waals surface area contributed by atoms with E-state index < -0.39 is 0 Å². The molecule has 0 atom stereocenters. The van der Waals surface area contributed by atoms with Crippen LogP contribution in [0.1, 0.15) is 20.8 Å². The molecule has 2 aromatic heterocycles. The predicted octanol–water partition coefficient (Wildman–Crippen LogP) is 3.25. The highest BCUT2D eigenvalue weighted by atomic mass is 32.1. The third kappa shape index (κ3) is 4.99. The molecule has 2 amide bonds. The maximum atomic E-state index is 12.1. The minimum absolute atomic E-state index is 0.00333. The van der Waals surface area contributed by atoms with E-state index in [0.717, 1.165) is 10.4 Å². The van der Waals surface area contributed by atoms with Gasteiger partial charge in [0, 0.05) is 29.5 Å². The third-order valence-electron chi connectivity index (χ3n) is 3.54. The molecule has 0 fully saturated rings. The summed E-state index contributed by atoms with van der Waals surface area (Å²) in [6.07, 6.45) is 3.54. The Morgan fingerprint density at radius 2 is 1.88 bits per heavy atom. The maximum absolute atomic E-state index is 12.1. The van der Waals surface area contributed by atoms with Gasteiger partial charge in [0.1, 0.15) is 0 Å². The molecule has 0 bridgehead atoms. The third-order valence-corrected chi connectivity index (χ3v) is 4.42. The molecule has 3 rings (SSSR count). The molecule has 1 aromatic carbocycles. The molecule has 3 aromatic rings. The van der Waals surface area contributed by atoms with E-state index in [2.05, 4.69) is 15.6 Å². The summed E-state index contributed by atoms with van der Waals surface area (Å²) in [5.74, 6) is -0.207. The highest BCUT2D eigenvalue weighted by molar-refractivity contribution is 7.10. The van der Waals surface area contributed by atoms with Crippen LogP contribution in [0.4, 0.5) is 5.69 Å². The number of thiophene rings is 1. The van der Waals surface area contributed by atoms with Crippen molar-refractivity contribution in [2.75, 3.05) is 5.32 Å². The minimum Gasteiger partial charge on any atom is -0.352 e. The monoisotopic (exact) mass is 351 g/mol. The highest BCUT2D eigenvalue weighted by Crippen LogP contribution is 2.12. The normalized spacial score (nSPS) is 10.2. The Labute approximate surface area is 149 Å². The van der Waals surface area contributed by atoms with E-state index >= 15 is 0 Å². The molecule has 0 saturated heterocycles. The summed E-state index contributed by atoms with van der Waals surface area (Å²) in [5, 5.41) is 7.67. The van der Waals surface area contributed by atoms with Crippen LogP contribution >= 0.6 is 11.3 Å². The summed E-state index contributed by atoms with van der Waals surface area (Å²) < 4.78 is 0. The van der Waals surface area contributed by atoms with E-state index in [1.807, 2.05) is 41.8 Å². The van der Waals surface area contributed by atoms with Crippen molar-refractivity contribution < 1.29 is 9.59 Å². The fourth-order valence-electron chi connectivity index (χ4n) is 2.24. The van der Waals surface area contributed by atoms with Gasteiger partial charge >= 0.3 is 0 Å². The summed E-state index contributed by atoms with van der Waals surface area (Å²) in [4.78, 5) is 28.9. The number of rotatable bonds is 6. The lowest BCUT2D eigenvalue weighted by atomic mass is 10.2. The van der Waals surface area contributed by atoms with Crippen LogP contribution in [0.5, 0.6) is 0 Å². The predicted molar refractivity (Wildman–Crippen MR) is 98.5 cm³/mol. The first-order chi connectivity index (χ1) is 12.2. The number of hydrogen-bond donors (Lipinski definition) is 2. The maximum Gasteiger partial charge on any atom is 0.257 e. The van der Waals surface area contributed by atoms with Gasteiger partial charge in [0.25, 0.3) is 5.91 Å². The largest absolute Gasteiger partial charge is 0.352 e. The SMILES string of the molecule is O=C(Cc1cccs1)NCc1ccc(NC(=O)c2cccnc2)cc1. The van der Waals surface area contributed by atoms with Gasteiger partial charge in [-0.15, -0.1) is 11.3 Å². The second-order valence-electron chi connectivity index (χ2n) is 5.43. The molecule has 0 aliphatic rings. The number of benzene rings is 1. The Kier molecular flexibility index (Phi) is 5.53. The smallest absolute Gasteiger partial charge is 0.257 e. The number of nitrogens with zero attached hydrogens (tertiary/aromatic N) is 1. The van der Waals surface area contributed by atoms with Crippen LogP contribution < -0.4 is 10.6 Å². The fourth-order valence-corrected chi connectivity index (χ4v) is 2.94. The number of amides is 2. The summed E-state index contributed by atoms with van der Waals surface area (Å²) in [6.45, 7) is 0.459. The number of anilines is 1. The first kappa shape index (κ1) is 16.9. The average molecular weight is 351 g/mol. The molecular formula is C19H17N3O2S. The molecule has 0 radical (unpaired) electrons. The molecular weight excluding hydrogens is 334 g/mol. The lowest BCUT2D eigenvalue weighted by molar-refractivity contribution is -0.120. The number of hydrogen-bond acceptors (Lipinski definition) is 4. The molecule has 0 unspecified atom stereocenters. The molecule has 5 nitrogen and oxygen atoms in total. The van der Waals surface area contributed by atoms with Gasteiger partial charge in [-0.1, -0.05) is 18.2 Å². The molecule has 25 heavy (non-hydrogen) atoms. The van der Waals surface area contributed by atoms with Crippen LogP contribution in [0.2, 0.25) is 0 Å². The van der Waals surface area contributed by atoms with Crippen LogP contribution in [-0.2, 0) is 17.8 Å². The lowest BCUT2D eigenvalue weighted by Crippen LogP contribution is -2.24. The molecule has 2 heterocycles. The van der Waals surface area contributed by atoms with Crippen molar-refractivity contribution in [2.24, 2.45) is 0 Å². The summed E-state index contributed by atoms with van der Waals surface area (Å²) in [6, 6.07) is 14.7. The Balaban J connectivity index is 1.50. The van der Waals surface area contributed by atoms with Crippen molar-refractivity contribution in [2.45, 2.75) is 13.0 Å². The number of nitrogens with one attached hydrogen (secondary N) is 2. The van der Waals surface area contributed by atoms with Gasteiger partial charge in [-0.3, -0.25) is 14.6 Å². The molecule has 0 spiro atoms. The second kappa shape index (κ2) is 8.21. The second-order valence-corrected chi connectivity index (χ2v) is 6.46. The molecule has 6 heteroatoms. The van der Waals surface area contributed by atoms with Gasteiger partial charge < -0.3 is 10.6 Å². The highest BCUT2D eigenvalue weighted by Gasteiger charge is 2.06. The molecule has 0 saturated carbocycles. The zero-order valence-corrected chi connectivity index (χ0v) is 14.3. The van der Waals surface area contributed by atoms with Crippen LogP contribution in [-0.4, -0.2) is 16.8 Å². The van der Waals surface area contributed by atoms with E-state index in [-0.39, 0.29) is 11.8 Å². The number of aromatic nitrogens is 1. The van der Waals surface area contributed by atoms with Gasteiger partial charge in [-0.25, -0.2) is 0 Å². The standard InChI is InChI=1S/C19H17N3O2S/c23-18(11-17-4-2-10-25-17)21-12-14-5-7-16(8-6-14)22-19(24)15-3-1-9-20-13-15/h1-10,13H,11-12H2,(H,21,23)(H,22,24). The van der Waals surface area contributed by atoms with E-state index in [9.17, 15) is 9.59 Å². The van der Waals surface area contributed by atoms with Gasteiger partial charge in [0.2, 0.25) is 5.91 Å². The van der Waals surface area contributed by atoms with Crippen molar-refractivity contribution in [1.82, 2.24) is 10.3 Å². The Bertz CT molecular complexity index is 831. The molecule has 0 aliphatic carbocycles. The summed E-state index contributed by atoms with van der Waals surface area (Å²) >= 11 is 1.57. The van der Waals surface area contributed by atoms with Crippen molar-refractivity contribution >= 4 is 28.8 Å². The number of carbonyl (C=O) groups excluding carboxylic acids is 2. The van der Waals surface area contributed by atoms with E-state index in [0.29, 0.717) is 24.2 Å². The lowest BCUT2D eigenvalue weighted by Gasteiger charge is -2.07. The molecule has 126 valence electrons. The van der Waals surface area contributed by atoms with E-state index in [1.165, 1.54) is 6.20 Å². The van der Waals surface area contributed by atoms with Crippen molar-refractivity contribution in [3.05, 3.63) is 82.3 Å². The van der Waals surface area contributed by atoms with E-state index in [4.69, 9.17) is 0 Å². The quantitative estimate of drug-likeness (QED) is 0.716. The van der Waals surface area contributed by atoms with Gasteiger partial charge in [-0.2, -0.15) is 0 Å². The first-order valence-corrected chi connectivity index (χ1v) is 8.68. The molecule has 2 N–H and O–H groups in total. The van der Waals surface area contributed by atoms with Crippen LogP contribution in [0.15, 0.2) is 66.3 Å². The minimum atomic E-state index is -0.204. The van der Waals surface area contributed by atoms with Crippen molar-refractivity contribution in [3.8, 4) is 0 Å². The van der Waals surface area contributed by atoms with Crippen LogP contribution in [0.3, 0.4) is 0 Å². The Morgan fingerprint density at radius 3 is 2.56 bits per heavy atom. The number of pyridine rings is 1. The summed E-state index contributed by atoms with van der Waals surface area (Å²) in [5.41, 5.74) is 2.17. The first-order valence-electron chi connectivity index (χ1n) is 7.80. The van der Waals surface area contributed by atoms with Gasteiger partial charge in [0.15, 0.2) is 0 Å². The van der Waals surface area contributed by atoms with Crippen molar-refractivity contribution in [3.63, 3.8) is 0 Å². The number of carbonyl (C=O) groups is 2. The topological polar surface area (TPSA) is 71.1 Å². The zero-order chi connectivity index (χ0) is 17.5. The molecule has 0 aliphatic heterocycles. The average Bonchev–Trinajstić information content (AvgIpc) is 3.15. The van der Waals surface area contributed by atoms with Gasteiger partial charge in [-0.05, 0) is 41.3 Å². The van der Waals surface area contributed by atoms with Crippen LogP contribution in [0, 0.1) is 0 Å². The Morgan fingerprint density at radius 1 is 1.04 bits per heavy atom.